The molecular formula is C19H19N3OS. The molecule has 0 unspecified atom stereocenters. The van der Waals surface area contributed by atoms with E-state index in [9.17, 15) is 4.79 Å². The smallest absolute Gasteiger partial charge is 0.230 e. The van der Waals surface area contributed by atoms with Crippen LogP contribution >= 0.6 is 11.3 Å². The Morgan fingerprint density at radius 3 is 2.67 bits per heavy atom. The molecular weight excluding hydrogens is 318 g/mol. The summed E-state index contributed by atoms with van der Waals surface area (Å²) in [5, 5.41) is 5.40. The number of nitrogens with one attached hydrogen (secondary N) is 1. The second-order valence-electron chi connectivity index (χ2n) is 5.90. The lowest BCUT2D eigenvalue weighted by Gasteiger charge is -2.06. The fourth-order valence-corrected chi connectivity index (χ4v) is 3.08. The summed E-state index contributed by atoms with van der Waals surface area (Å²) in [4.78, 5) is 20.7. The van der Waals surface area contributed by atoms with Gasteiger partial charge in [-0.1, -0.05) is 38.1 Å². The van der Waals surface area contributed by atoms with Crippen molar-refractivity contribution in [2.45, 2.75) is 26.2 Å². The van der Waals surface area contributed by atoms with E-state index in [0.29, 0.717) is 17.5 Å². The SMILES string of the molecule is CC(C)c1ccc(CC(=O)Nc2nc(-c3cccnc3)cs2)cc1. The molecule has 0 saturated heterocycles. The predicted molar refractivity (Wildman–Crippen MR) is 98.2 cm³/mol. The van der Waals surface area contributed by atoms with E-state index in [1.807, 2.05) is 29.6 Å². The molecule has 0 radical (unpaired) electrons. The van der Waals surface area contributed by atoms with Crippen LogP contribution in [-0.4, -0.2) is 15.9 Å². The standard InChI is InChI=1S/C19H19N3OS/c1-13(2)15-7-5-14(6-8-15)10-18(23)22-19-21-17(12-24-19)16-4-3-9-20-11-16/h3-9,11-13H,10H2,1-2H3,(H,21,22,23). The lowest BCUT2D eigenvalue weighted by Crippen LogP contribution is -2.14. The number of benzene rings is 1. The zero-order valence-corrected chi connectivity index (χ0v) is 14.5. The summed E-state index contributed by atoms with van der Waals surface area (Å²) in [5.41, 5.74) is 4.05. The first-order chi connectivity index (χ1) is 11.6. The van der Waals surface area contributed by atoms with Crippen LogP contribution in [0, 0.1) is 0 Å². The van der Waals surface area contributed by atoms with E-state index in [1.165, 1.54) is 16.9 Å². The molecule has 5 heteroatoms. The van der Waals surface area contributed by atoms with Crippen LogP contribution in [0.3, 0.4) is 0 Å². The Kier molecular flexibility index (Phi) is 5.01. The summed E-state index contributed by atoms with van der Waals surface area (Å²) in [7, 11) is 0. The quantitative estimate of drug-likeness (QED) is 0.745. The molecule has 4 nitrogen and oxygen atoms in total. The van der Waals surface area contributed by atoms with Gasteiger partial charge in [0.25, 0.3) is 0 Å². The van der Waals surface area contributed by atoms with Crippen molar-refractivity contribution < 1.29 is 4.79 Å². The van der Waals surface area contributed by atoms with E-state index in [2.05, 4.69) is 41.3 Å². The molecule has 0 aliphatic heterocycles. The third-order valence-electron chi connectivity index (χ3n) is 3.72. The maximum absolute atomic E-state index is 12.2. The number of thiazole rings is 1. The number of hydrogen-bond donors (Lipinski definition) is 1. The van der Waals surface area contributed by atoms with Crippen LogP contribution < -0.4 is 5.32 Å². The van der Waals surface area contributed by atoms with Gasteiger partial charge in [0, 0.05) is 23.3 Å². The number of nitrogens with zero attached hydrogens (tertiary/aromatic N) is 2. The van der Waals surface area contributed by atoms with E-state index in [0.717, 1.165) is 16.8 Å². The number of aromatic nitrogens is 2. The maximum Gasteiger partial charge on any atom is 0.230 e. The molecule has 122 valence electrons. The van der Waals surface area contributed by atoms with Crippen molar-refractivity contribution in [2.75, 3.05) is 5.32 Å². The molecule has 0 fully saturated rings. The molecule has 0 bridgehead atoms. The predicted octanol–water partition coefficient (Wildman–Crippen LogP) is 4.51. The summed E-state index contributed by atoms with van der Waals surface area (Å²) in [6, 6.07) is 12.0. The molecule has 24 heavy (non-hydrogen) atoms. The summed E-state index contributed by atoms with van der Waals surface area (Å²) in [6.45, 7) is 4.31. The molecule has 0 spiro atoms. The van der Waals surface area contributed by atoms with Crippen LogP contribution in [0.2, 0.25) is 0 Å². The Balaban J connectivity index is 1.62. The summed E-state index contributed by atoms with van der Waals surface area (Å²) in [5.74, 6) is 0.438. The average molecular weight is 337 g/mol. The molecule has 1 N–H and O–H groups in total. The van der Waals surface area contributed by atoms with Crippen LogP contribution in [0.1, 0.15) is 30.9 Å². The number of anilines is 1. The van der Waals surface area contributed by atoms with Gasteiger partial charge in [-0.3, -0.25) is 9.78 Å². The topological polar surface area (TPSA) is 54.9 Å². The van der Waals surface area contributed by atoms with Crippen LogP contribution in [0.25, 0.3) is 11.3 Å². The van der Waals surface area contributed by atoms with Crippen molar-refractivity contribution in [3.8, 4) is 11.3 Å². The van der Waals surface area contributed by atoms with Gasteiger partial charge in [-0.15, -0.1) is 11.3 Å². The normalized spacial score (nSPS) is 10.8. The van der Waals surface area contributed by atoms with Gasteiger partial charge in [-0.2, -0.15) is 0 Å². The van der Waals surface area contributed by atoms with Gasteiger partial charge in [0.2, 0.25) is 5.91 Å². The number of carbonyl (C=O) groups is 1. The molecule has 0 aliphatic rings. The summed E-state index contributed by atoms with van der Waals surface area (Å²) in [6.07, 6.45) is 3.83. The Bertz CT molecular complexity index is 810. The van der Waals surface area contributed by atoms with E-state index in [1.54, 1.807) is 12.4 Å². The van der Waals surface area contributed by atoms with Crippen LogP contribution in [-0.2, 0) is 11.2 Å². The molecule has 0 aliphatic carbocycles. The van der Waals surface area contributed by atoms with Crippen LogP contribution in [0.5, 0.6) is 0 Å². The van der Waals surface area contributed by atoms with Crippen LogP contribution in [0.4, 0.5) is 5.13 Å². The number of rotatable bonds is 5. The van der Waals surface area contributed by atoms with Gasteiger partial charge in [0.05, 0.1) is 12.1 Å². The number of amides is 1. The van der Waals surface area contributed by atoms with Crippen molar-refractivity contribution in [1.29, 1.82) is 0 Å². The molecule has 0 atom stereocenters. The second-order valence-corrected chi connectivity index (χ2v) is 6.76. The minimum absolute atomic E-state index is 0.0561. The molecule has 2 aromatic heterocycles. The van der Waals surface area contributed by atoms with E-state index < -0.39 is 0 Å². The van der Waals surface area contributed by atoms with Crippen molar-refractivity contribution in [3.63, 3.8) is 0 Å². The largest absolute Gasteiger partial charge is 0.302 e. The van der Waals surface area contributed by atoms with E-state index >= 15 is 0 Å². The van der Waals surface area contributed by atoms with Crippen molar-refractivity contribution >= 4 is 22.4 Å². The molecule has 1 amide bonds. The highest BCUT2D eigenvalue weighted by atomic mass is 32.1. The number of carbonyl (C=O) groups excluding carboxylic acids is 1. The van der Waals surface area contributed by atoms with E-state index in [-0.39, 0.29) is 5.91 Å². The average Bonchev–Trinajstić information content (AvgIpc) is 3.04. The Morgan fingerprint density at radius 2 is 2.00 bits per heavy atom. The van der Waals surface area contributed by atoms with Gasteiger partial charge in [-0.25, -0.2) is 4.98 Å². The third kappa shape index (κ3) is 4.06. The molecule has 3 aromatic rings. The zero-order chi connectivity index (χ0) is 16.9. The minimum Gasteiger partial charge on any atom is -0.302 e. The van der Waals surface area contributed by atoms with Gasteiger partial charge >= 0.3 is 0 Å². The lowest BCUT2D eigenvalue weighted by molar-refractivity contribution is -0.115. The molecule has 0 saturated carbocycles. The number of pyridine rings is 1. The van der Waals surface area contributed by atoms with Crippen molar-refractivity contribution in [3.05, 3.63) is 65.3 Å². The Labute approximate surface area is 145 Å². The summed E-state index contributed by atoms with van der Waals surface area (Å²) < 4.78 is 0. The van der Waals surface area contributed by atoms with Crippen molar-refractivity contribution in [1.82, 2.24) is 9.97 Å². The third-order valence-corrected chi connectivity index (χ3v) is 4.48. The van der Waals surface area contributed by atoms with Crippen LogP contribution in [0.15, 0.2) is 54.2 Å². The summed E-state index contributed by atoms with van der Waals surface area (Å²) >= 11 is 1.42. The zero-order valence-electron chi connectivity index (χ0n) is 13.7. The first-order valence-electron chi connectivity index (χ1n) is 7.86. The first kappa shape index (κ1) is 16.3. The van der Waals surface area contributed by atoms with Crippen molar-refractivity contribution in [2.24, 2.45) is 0 Å². The Hall–Kier alpha value is -2.53. The lowest BCUT2D eigenvalue weighted by atomic mass is 10.0. The van der Waals surface area contributed by atoms with Gasteiger partial charge in [0.15, 0.2) is 5.13 Å². The second kappa shape index (κ2) is 7.36. The first-order valence-corrected chi connectivity index (χ1v) is 8.74. The van der Waals surface area contributed by atoms with E-state index in [4.69, 9.17) is 0 Å². The fourth-order valence-electron chi connectivity index (χ4n) is 2.35. The Morgan fingerprint density at radius 1 is 1.21 bits per heavy atom. The van der Waals surface area contributed by atoms with Gasteiger partial charge < -0.3 is 5.32 Å². The molecule has 3 rings (SSSR count). The highest BCUT2D eigenvalue weighted by Crippen LogP contribution is 2.24. The highest BCUT2D eigenvalue weighted by molar-refractivity contribution is 7.14. The molecule has 2 heterocycles. The number of hydrogen-bond acceptors (Lipinski definition) is 4. The van der Waals surface area contributed by atoms with Gasteiger partial charge in [-0.05, 0) is 29.2 Å². The molecule has 1 aromatic carbocycles. The minimum atomic E-state index is -0.0561. The fraction of sp³-hybridized carbons (Fsp3) is 0.211. The monoisotopic (exact) mass is 337 g/mol. The maximum atomic E-state index is 12.2. The highest BCUT2D eigenvalue weighted by Gasteiger charge is 2.09. The van der Waals surface area contributed by atoms with Gasteiger partial charge in [0.1, 0.15) is 0 Å².